The molecule has 0 saturated carbocycles. The second kappa shape index (κ2) is 12.1. The third-order valence-corrected chi connectivity index (χ3v) is 6.31. The van der Waals surface area contributed by atoms with Crippen LogP contribution in [0.3, 0.4) is 0 Å². The summed E-state index contributed by atoms with van der Waals surface area (Å²) in [7, 11) is 1.45. The number of benzene rings is 2. The molecule has 1 aliphatic heterocycles. The maximum atomic E-state index is 13.1. The Hall–Kier alpha value is -4.16. The molecule has 1 aliphatic rings. The van der Waals surface area contributed by atoms with E-state index in [1.807, 2.05) is 0 Å². The molecule has 2 aromatic carbocycles. The number of pyridine rings is 1. The van der Waals surface area contributed by atoms with Crippen LogP contribution in [0.25, 0.3) is 0 Å². The van der Waals surface area contributed by atoms with E-state index in [1.54, 1.807) is 59.8 Å². The molecule has 39 heavy (non-hydrogen) atoms. The summed E-state index contributed by atoms with van der Waals surface area (Å²) in [5.41, 5.74) is 2.00. The zero-order valence-electron chi connectivity index (χ0n) is 21.1. The highest BCUT2D eigenvalue weighted by Crippen LogP contribution is 2.32. The summed E-state index contributed by atoms with van der Waals surface area (Å²) in [5.74, 6) is 0.162. The second-order valence-corrected chi connectivity index (χ2v) is 8.98. The second-order valence-electron chi connectivity index (χ2n) is 8.98. The molecule has 2 heterocycles. The first-order valence-electron chi connectivity index (χ1n) is 12.2. The molecular weight excluding hydrogens is 515 g/mol. The summed E-state index contributed by atoms with van der Waals surface area (Å²) in [6, 6.07) is 13.3. The number of nitrogens with zero attached hydrogens (tertiary/aromatic N) is 3. The van der Waals surface area contributed by atoms with E-state index >= 15 is 0 Å². The summed E-state index contributed by atoms with van der Waals surface area (Å²) in [6.45, 7) is 2.64. The van der Waals surface area contributed by atoms with Gasteiger partial charge in [-0.2, -0.15) is 13.2 Å². The third kappa shape index (κ3) is 7.24. The van der Waals surface area contributed by atoms with E-state index in [4.69, 9.17) is 4.74 Å². The topological polar surface area (TPSA) is 107 Å². The number of methoxy groups -OCH3 is 1. The number of alkyl halides is 3. The molecule has 12 heteroatoms. The number of rotatable bonds is 7. The van der Waals surface area contributed by atoms with E-state index in [0.29, 0.717) is 55.4 Å². The van der Waals surface area contributed by atoms with Crippen molar-refractivity contribution in [2.24, 2.45) is 0 Å². The Balaban J connectivity index is 1.31. The average molecular weight is 544 g/mol. The molecule has 0 bridgehead atoms. The number of urea groups is 1. The van der Waals surface area contributed by atoms with Crippen LogP contribution >= 0.6 is 0 Å². The molecule has 206 valence electrons. The van der Waals surface area contributed by atoms with Gasteiger partial charge in [-0.05, 0) is 41.5 Å². The number of aliphatic hydroxyl groups is 1. The lowest BCUT2D eigenvalue weighted by atomic mass is 10.1. The number of piperazine rings is 1. The van der Waals surface area contributed by atoms with E-state index in [9.17, 15) is 27.9 Å². The van der Waals surface area contributed by atoms with Crippen molar-refractivity contribution in [3.05, 3.63) is 83.7 Å². The van der Waals surface area contributed by atoms with Crippen LogP contribution in [0, 0.1) is 0 Å². The number of ether oxygens (including phenoxy) is 1. The number of hydrogen-bond acceptors (Lipinski definition) is 6. The standard InChI is InChI=1S/C27H28F3N5O4/c1-39-23-16-20(6-7-22(23)33-26(38)32-21-8-10-31-11-9-21)25(37)35-14-12-34(13-15-35)17-18-2-4-19(5-3-18)24(36)27(28,29)30/h2-11,16,24,36H,12-15,17H2,1H3,(H2,31,32,33,38). The lowest BCUT2D eigenvalue weighted by Gasteiger charge is -2.35. The molecule has 1 unspecified atom stereocenters. The largest absolute Gasteiger partial charge is 0.495 e. The van der Waals surface area contributed by atoms with Crippen molar-refractivity contribution in [3.8, 4) is 5.75 Å². The Morgan fingerprint density at radius 3 is 2.28 bits per heavy atom. The van der Waals surface area contributed by atoms with Crippen LogP contribution in [0.15, 0.2) is 67.0 Å². The Morgan fingerprint density at radius 1 is 1.00 bits per heavy atom. The zero-order valence-corrected chi connectivity index (χ0v) is 21.1. The minimum Gasteiger partial charge on any atom is -0.495 e. The molecule has 3 amide bonds. The Kier molecular flexibility index (Phi) is 8.67. The first-order valence-corrected chi connectivity index (χ1v) is 12.2. The van der Waals surface area contributed by atoms with Crippen LogP contribution in [-0.2, 0) is 6.54 Å². The number of anilines is 2. The lowest BCUT2D eigenvalue weighted by molar-refractivity contribution is -0.206. The third-order valence-electron chi connectivity index (χ3n) is 6.31. The number of amides is 3. The smallest absolute Gasteiger partial charge is 0.418 e. The highest BCUT2D eigenvalue weighted by Gasteiger charge is 2.39. The molecule has 1 atom stereocenters. The lowest BCUT2D eigenvalue weighted by Crippen LogP contribution is -2.48. The molecule has 3 aromatic rings. The SMILES string of the molecule is COc1cc(C(=O)N2CCN(Cc3ccc(C(O)C(F)(F)F)cc3)CC2)ccc1NC(=O)Nc1ccncc1. The zero-order chi connectivity index (χ0) is 28.0. The van der Waals surface area contributed by atoms with Gasteiger partial charge in [0.15, 0.2) is 6.10 Å². The molecule has 0 aliphatic carbocycles. The fraction of sp³-hybridized carbons (Fsp3) is 0.296. The van der Waals surface area contributed by atoms with Gasteiger partial charge < -0.3 is 25.4 Å². The number of carbonyl (C=O) groups is 2. The fourth-order valence-corrected chi connectivity index (χ4v) is 4.19. The van der Waals surface area contributed by atoms with Gasteiger partial charge in [0.25, 0.3) is 5.91 Å². The van der Waals surface area contributed by atoms with Crippen molar-refractivity contribution < 1.29 is 32.6 Å². The molecule has 1 saturated heterocycles. The van der Waals surface area contributed by atoms with E-state index in [2.05, 4.69) is 20.5 Å². The number of nitrogens with one attached hydrogen (secondary N) is 2. The maximum absolute atomic E-state index is 13.1. The van der Waals surface area contributed by atoms with E-state index < -0.39 is 18.3 Å². The van der Waals surface area contributed by atoms with Gasteiger partial charge in [-0.1, -0.05) is 24.3 Å². The molecule has 1 aromatic heterocycles. The first-order chi connectivity index (χ1) is 18.6. The van der Waals surface area contributed by atoms with Gasteiger partial charge in [0, 0.05) is 56.4 Å². The average Bonchev–Trinajstić information content (AvgIpc) is 2.93. The van der Waals surface area contributed by atoms with Crippen molar-refractivity contribution >= 4 is 23.3 Å². The normalized spacial score (nSPS) is 14.9. The predicted octanol–water partition coefficient (Wildman–Crippen LogP) is 4.29. The summed E-state index contributed by atoms with van der Waals surface area (Å²) in [4.78, 5) is 33.2. The summed E-state index contributed by atoms with van der Waals surface area (Å²) in [6.07, 6.45) is -4.10. The van der Waals surface area contributed by atoms with Crippen LogP contribution in [-0.4, -0.2) is 71.3 Å². The number of hydrogen-bond donors (Lipinski definition) is 3. The Labute approximate surface area is 223 Å². The van der Waals surface area contributed by atoms with Crippen LogP contribution < -0.4 is 15.4 Å². The van der Waals surface area contributed by atoms with Crippen molar-refractivity contribution in [3.63, 3.8) is 0 Å². The van der Waals surface area contributed by atoms with Crippen LogP contribution in [0.1, 0.15) is 27.6 Å². The van der Waals surface area contributed by atoms with Crippen molar-refractivity contribution in [2.45, 2.75) is 18.8 Å². The monoisotopic (exact) mass is 543 g/mol. The van der Waals surface area contributed by atoms with E-state index in [1.165, 1.54) is 19.2 Å². The van der Waals surface area contributed by atoms with Crippen molar-refractivity contribution in [2.75, 3.05) is 43.9 Å². The molecule has 4 rings (SSSR count). The van der Waals surface area contributed by atoms with Gasteiger partial charge >= 0.3 is 12.2 Å². The number of aromatic nitrogens is 1. The van der Waals surface area contributed by atoms with E-state index in [0.717, 1.165) is 5.56 Å². The van der Waals surface area contributed by atoms with Crippen molar-refractivity contribution in [1.82, 2.24) is 14.8 Å². The van der Waals surface area contributed by atoms with Gasteiger partial charge in [-0.15, -0.1) is 0 Å². The number of halogens is 3. The highest BCUT2D eigenvalue weighted by molar-refractivity contribution is 6.01. The van der Waals surface area contributed by atoms with Gasteiger partial charge in [0.2, 0.25) is 0 Å². The van der Waals surface area contributed by atoms with Crippen molar-refractivity contribution in [1.29, 1.82) is 0 Å². The van der Waals surface area contributed by atoms with E-state index in [-0.39, 0.29) is 11.5 Å². The molecule has 1 fully saturated rings. The Bertz CT molecular complexity index is 1280. The van der Waals surface area contributed by atoms with Gasteiger partial charge in [-0.25, -0.2) is 4.79 Å². The van der Waals surface area contributed by atoms with Crippen LogP contribution in [0.4, 0.5) is 29.3 Å². The summed E-state index contributed by atoms with van der Waals surface area (Å²) < 4.78 is 43.5. The number of aliphatic hydroxyl groups excluding tert-OH is 1. The Morgan fingerprint density at radius 2 is 1.67 bits per heavy atom. The number of carbonyl (C=O) groups excluding carboxylic acids is 2. The molecular formula is C27H28F3N5O4. The maximum Gasteiger partial charge on any atom is 0.418 e. The summed E-state index contributed by atoms with van der Waals surface area (Å²) >= 11 is 0. The highest BCUT2D eigenvalue weighted by atomic mass is 19.4. The fourth-order valence-electron chi connectivity index (χ4n) is 4.19. The molecule has 0 radical (unpaired) electrons. The molecule has 3 N–H and O–H groups in total. The first kappa shape index (κ1) is 27.9. The predicted molar refractivity (Wildman–Crippen MR) is 139 cm³/mol. The minimum atomic E-state index is -4.71. The minimum absolute atomic E-state index is 0.175. The van der Waals surface area contributed by atoms with Gasteiger partial charge in [0.05, 0.1) is 12.8 Å². The van der Waals surface area contributed by atoms with Gasteiger partial charge in [0.1, 0.15) is 5.75 Å². The quantitative estimate of drug-likeness (QED) is 0.411. The van der Waals surface area contributed by atoms with Crippen LogP contribution in [0.2, 0.25) is 0 Å². The molecule has 0 spiro atoms. The van der Waals surface area contributed by atoms with Gasteiger partial charge in [-0.3, -0.25) is 14.7 Å². The molecule has 9 nitrogen and oxygen atoms in total. The van der Waals surface area contributed by atoms with Crippen LogP contribution in [0.5, 0.6) is 5.75 Å². The summed E-state index contributed by atoms with van der Waals surface area (Å²) in [5, 5.41) is 14.8.